The highest BCUT2D eigenvalue weighted by molar-refractivity contribution is 9.10. The molecule has 0 heterocycles. The molecule has 2 aromatic carbocycles. The molecule has 98 valence electrons. The lowest BCUT2D eigenvalue weighted by atomic mass is 10.1. The Hall–Kier alpha value is -1.81. The van der Waals surface area contributed by atoms with Crippen LogP contribution in [-0.2, 0) is 4.79 Å². The lowest BCUT2D eigenvalue weighted by Gasteiger charge is -2.06. The summed E-state index contributed by atoms with van der Waals surface area (Å²) in [6.07, 6.45) is 1.66. The molecule has 0 bridgehead atoms. The molecule has 2 aromatic rings. The molecule has 19 heavy (non-hydrogen) atoms. The second-order valence-electron chi connectivity index (χ2n) is 4.28. The summed E-state index contributed by atoms with van der Waals surface area (Å²) in [4.78, 5) is 10.6. The van der Waals surface area contributed by atoms with Gasteiger partial charge in [-0.15, -0.1) is 0 Å². The number of aliphatic carboxylic acids is 1. The molecular formula is C15H14BrNO2. The molecule has 0 aliphatic rings. The predicted octanol–water partition coefficient (Wildman–Crippen LogP) is 4.05. The van der Waals surface area contributed by atoms with Crippen molar-refractivity contribution < 1.29 is 9.90 Å². The van der Waals surface area contributed by atoms with Crippen molar-refractivity contribution in [1.82, 2.24) is 0 Å². The summed E-state index contributed by atoms with van der Waals surface area (Å²) < 4.78 is 1.06. The summed E-state index contributed by atoms with van der Waals surface area (Å²) in [6, 6.07) is 12.2. The van der Waals surface area contributed by atoms with Gasteiger partial charge in [0.05, 0.1) is 0 Å². The average Bonchev–Trinajstić information content (AvgIpc) is 2.38. The molecule has 0 aliphatic heterocycles. The largest absolute Gasteiger partial charge is 0.478 e. The minimum Gasteiger partial charge on any atom is -0.478 e. The van der Waals surface area contributed by atoms with Gasteiger partial charge < -0.3 is 10.4 Å². The molecule has 0 aliphatic carbocycles. The summed E-state index contributed by atoms with van der Waals surface area (Å²) in [5.74, 6) is -0.884. The molecule has 0 unspecified atom stereocenters. The zero-order chi connectivity index (χ0) is 13.8. The van der Waals surface area contributed by atoms with E-state index in [-0.39, 0.29) is 0 Å². The smallest absolute Gasteiger partial charge is 0.331 e. The van der Waals surface area contributed by atoms with Crippen molar-refractivity contribution in [3.63, 3.8) is 0 Å². The van der Waals surface area contributed by atoms with E-state index < -0.39 is 5.97 Å². The molecule has 2 rings (SSSR count). The first-order valence-electron chi connectivity index (χ1n) is 5.89. The van der Waals surface area contributed by atoms with Crippen molar-refractivity contribution in [3.8, 4) is 0 Å². The number of carboxylic acids is 1. The Kier molecular flexibility index (Phi) is 4.22. The maximum Gasteiger partial charge on any atom is 0.331 e. The van der Waals surface area contributed by atoms with Gasteiger partial charge in [-0.3, -0.25) is 0 Å². The third kappa shape index (κ3) is 3.58. The van der Waals surface area contributed by atoms with Crippen molar-refractivity contribution in [3.05, 3.63) is 52.5 Å². The maximum atomic E-state index is 10.6. The van der Waals surface area contributed by atoms with Crippen LogP contribution in [0.1, 0.15) is 6.92 Å². The topological polar surface area (TPSA) is 49.3 Å². The van der Waals surface area contributed by atoms with E-state index in [1.807, 2.05) is 30.3 Å². The molecule has 0 amide bonds. The highest BCUT2D eigenvalue weighted by Crippen LogP contribution is 2.22. The second kappa shape index (κ2) is 5.89. The molecule has 4 heteroatoms. The number of fused-ring (bicyclic) bond motifs is 1. The monoisotopic (exact) mass is 319 g/mol. The van der Waals surface area contributed by atoms with Crippen LogP contribution >= 0.6 is 15.9 Å². The fourth-order valence-corrected chi connectivity index (χ4v) is 2.11. The number of hydrogen-bond acceptors (Lipinski definition) is 2. The molecule has 0 aromatic heterocycles. The lowest BCUT2D eigenvalue weighted by molar-refractivity contribution is -0.132. The molecule has 0 atom stereocenters. The molecule has 3 nitrogen and oxygen atoms in total. The number of rotatable bonds is 4. The van der Waals surface area contributed by atoms with Crippen LogP contribution in [0.2, 0.25) is 0 Å². The van der Waals surface area contributed by atoms with E-state index in [2.05, 4.69) is 27.3 Å². The number of anilines is 1. The van der Waals surface area contributed by atoms with E-state index in [4.69, 9.17) is 5.11 Å². The fraction of sp³-hybridized carbons (Fsp3) is 0.133. The van der Waals surface area contributed by atoms with Crippen LogP contribution < -0.4 is 5.32 Å². The van der Waals surface area contributed by atoms with Crippen LogP contribution in [0, 0.1) is 0 Å². The number of nitrogens with one attached hydrogen (secondary N) is 1. The summed E-state index contributed by atoms with van der Waals surface area (Å²) >= 11 is 3.44. The first-order chi connectivity index (χ1) is 9.06. The van der Waals surface area contributed by atoms with Gasteiger partial charge in [-0.1, -0.05) is 34.1 Å². The minimum atomic E-state index is -0.884. The van der Waals surface area contributed by atoms with E-state index >= 15 is 0 Å². The normalized spacial score (nSPS) is 11.6. The lowest BCUT2D eigenvalue weighted by Crippen LogP contribution is -2.02. The summed E-state index contributed by atoms with van der Waals surface area (Å²) in [5, 5.41) is 14.2. The molecule has 0 fully saturated rings. The maximum absolute atomic E-state index is 10.6. The number of hydrogen-bond donors (Lipinski definition) is 2. The Balaban J connectivity index is 2.12. The Labute approximate surface area is 120 Å². The SMILES string of the molecule is C/C(=C/CNc1ccc2cc(Br)ccc2c1)C(=O)O. The third-order valence-corrected chi connectivity index (χ3v) is 3.35. The molecular weight excluding hydrogens is 306 g/mol. The first-order valence-corrected chi connectivity index (χ1v) is 6.69. The first kappa shape index (κ1) is 13.6. The van der Waals surface area contributed by atoms with Crippen LogP contribution in [0.5, 0.6) is 0 Å². The van der Waals surface area contributed by atoms with Gasteiger partial charge in [-0.05, 0) is 42.0 Å². The van der Waals surface area contributed by atoms with Crippen molar-refractivity contribution >= 4 is 38.4 Å². The Morgan fingerprint density at radius 2 is 1.95 bits per heavy atom. The van der Waals surface area contributed by atoms with Gasteiger partial charge in [0, 0.05) is 22.3 Å². The predicted molar refractivity (Wildman–Crippen MR) is 81.5 cm³/mol. The van der Waals surface area contributed by atoms with Crippen LogP contribution in [0.15, 0.2) is 52.5 Å². The zero-order valence-corrected chi connectivity index (χ0v) is 12.1. The van der Waals surface area contributed by atoms with E-state index in [0.717, 1.165) is 20.9 Å². The van der Waals surface area contributed by atoms with Gasteiger partial charge in [-0.25, -0.2) is 4.79 Å². The van der Waals surface area contributed by atoms with Gasteiger partial charge in [0.15, 0.2) is 0 Å². The number of benzene rings is 2. The van der Waals surface area contributed by atoms with Crippen LogP contribution in [0.25, 0.3) is 10.8 Å². The van der Waals surface area contributed by atoms with E-state index in [9.17, 15) is 4.79 Å². The molecule has 0 spiro atoms. The standard InChI is InChI=1S/C15H14BrNO2/c1-10(15(18)19)6-7-17-14-5-3-11-8-13(16)4-2-12(11)9-14/h2-6,8-9,17H,7H2,1H3,(H,18,19)/b10-6-. The Bertz CT molecular complexity index is 650. The van der Waals surface area contributed by atoms with Gasteiger partial charge >= 0.3 is 5.97 Å². The van der Waals surface area contributed by atoms with E-state index in [1.54, 1.807) is 13.0 Å². The highest BCUT2D eigenvalue weighted by Gasteiger charge is 1.99. The third-order valence-electron chi connectivity index (χ3n) is 2.85. The molecule has 0 radical (unpaired) electrons. The van der Waals surface area contributed by atoms with Crippen molar-refractivity contribution in [2.24, 2.45) is 0 Å². The number of carboxylic acid groups (broad SMARTS) is 1. The van der Waals surface area contributed by atoms with Gasteiger partial charge in [-0.2, -0.15) is 0 Å². The Morgan fingerprint density at radius 1 is 1.26 bits per heavy atom. The quantitative estimate of drug-likeness (QED) is 0.836. The summed E-state index contributed by atoms with van der Waals surface area (Å²) in [7, 11) is 0. The average molecular weight is 320 g/mol. The molecule has 0 saturated heterocycles. The summed E-state index contributed by atoms with van der Waals surface area (Å²) in [5.41, 5.74) is 1.32. The van der Waals surface area contributed by atoms with Crippen LogP contribution in [0.3, 0.4) is 0 Å². The van der Waals surface area contributed by atoms with Crippen molar-refractivity contribution in [2.45, 2.75) is 6.92 Å². The summed E-state index contributed by atoms with van der Waals surface area (Å²) in [6.45, 7) is 2.09. The van der Waals surface area contributed by atoms with Crippen LogP contribution in [-0.4, -0.2) is 17.6 Å². The molecule has 2 N–H and O–H groups in total. The number of carbonyl (C=O) groups is 1. The second-order valence-corrected chi connectivity index (χ2v) is 5.20. The van der Waals surface area contributed by atoms with E-state index in [1.165, 1.54) is 0 Å². The van der Waals surface area contributed by atoms with Gasteiger partial charge in [0.25, 0.3) is 0 Å². The minimum absolute atomic E-state index is 0.345. The number of halogens is 1. The molecule has 0 saturated carbocycles. The van der Waals surface area contributed by atoms with Crippen molar-refractivity contribution in [1.29, 1.82) is 0 Å². The zero-order valence-electron chi connectivity index (χ0n) is 10.5. The van der Waals surface area contributed by atoms with Crippen LogP contribution in [0.4, 0.5) is 5.69 Å². The van der Waals surface area contributed by atoms with Crippen molar-refractivity contribution in [2.75, 3.05) is 11.9 Å². The van der Waals surface area contributed by atoms with Gasteiger partial charge in [0.2, 0.25) is 0 Å². The van der Waals surface area contributed by atoms with E-state index in [0.29, 0.717) is 12.1 Å². The highest BCUT2D eigenvalue weighted by atomic mass is 79.9. The Morgan fingerprint density at radius 3 is 2.68 bits per heavy atom. The fourth-order valence-electron chi connectivity index (χ4n) is 1.74. The van der Waals surface area contributed by atoms with Gasteiger partial charge in [0.1, 0.15) is 0 Å².